The van der Waals surface area contributed by atoms with Gasteiger partial charge in [-0.05, 0) is 55.5 Å². The molecule has 238 valence electrons. The number of nitrogens with two attached hydrogens (primary N) is 1. The van der Waals surface area contributed by atoms with Gasteiger partial charge in [-0.1, -0.05) is 0 Å². The third-order valence-electron chi connectivity index (χ3n) is 6.25. The fraction of sp³-hybridized carbons (Fsp3) is 0.345. The average Bonchev–Trinajstić information content (AvgIpc) is 2.98. The van der Waals surface area contributed by atoms with Gasteiger partial charge in [-0.25, -0.2) is 13.8 Å². The molecule has 0 fully saturated rings. The highest BCUT2D eigenvalue weighted by atomic mass is 19.4. The highest BCUT2D eigenvalue weighted by Gasteiger charge is 2.56. The Bertz CT molecular complexity index is 1470. The van der Waals surface area contributed by atoms with Gasteiger partial charge in [-0.3, -0.25) is 9.59 Å². The number of aliphatic hydroxyl groups is 2. The summed E-state index contributed by atoms with van der Waals surface area (Å²) in [5, 5.41) is 22.5. The summed E-state index contributed by atoms with van der Waals surface area (Å²) >= 11 is 0. The minimum Gasteiger partial charge on any atom is -0.493 e. The zero-order valence-corrected chi connectivity index (χ0v) is 23.6. The lowest BCUT2D eigenvalue weighted by molar-refractivity contribution is -0.265. The molecule has 0 aliphatic carbocycles. The number of nitrogens with zero attached hydrogens (tertiary/aromatic N) is 1. The molecule has 0 aliphatic heterocycles. The van der Waals surface area contributed by atoms with Crippen LogP contribution in [0.15, 0.2) is 48.5 Å². The predicted molar refractivity (Wildman–Crippen MR) is 146 cm³/mol. The SMILES string of the molecule is CCOc1c(CC(N)=O)cc([C@@](O)(CNC(=O)c2ccc(OC[C@H](O)CF)c(OC)c2)C(F)(F)F)nc1-c1ccc(F)cc1. The number of rotatable bonds is 14. The maximum atomic E-state index is 14.5. The van der Waals surface area contributed by atoms with E-state index in [1.54, 1.807) is 6.92 Å². The summed E-state index contributed by atoms with van der Waals surface area (Å²) in [6, 6.07) is 8.88. The number of hydrogen-bond acceptors (Lipinski definition) is 8. The van der Waals surface area contributed by atoms with Gasteiger partial charge in [-0.2, -0.15) is 13.2 Å². The molecular weight excluding hydrogens is 597 g/mol. The lowest BCUT2D eigenvalue weighted by Gasteiger charge is -2.31. The van der Waals surface area contributed by atoms with Crippen LogP contribution in [0.5, 0.6) is 17.2 Å². The molecule has 0 saturated heterocycles. The number of benzene rings is 2. The first-order chi connectivity index (χ1) is 20.7. The van der Waals surface area contributed by atoms with E-state index in [1.807, 2.05) is 5.32 Å². The largest absolute Gasteiger partial charge is 0.493 e. The molecule has 0 spiro atoms. The van der Waals surface area contributed by atoms with Gasteiger partial charge >= 0.3 is 6.18 Å². The van der Waals surface area contributed by atoms with Crippen LogP contribution in [-0.2, 0) is 16.8 Å². The lowest BCUT2D eigenvalue weighted by atomic mass is 9.93. The van der Waals surface area contributed by atoms with Crippen LogP contribution in [-0.4, -0.2) is 72.8 Å². The van der Waals surface area contributed by atoms with Crippen molar-refractivity contribution in [2.75, 3.05) is 33.5 Å². The second-order valence-electron chi connectivity index (χ2n) is 9.45. The van der Waals surface area contributed by atoms with E-state index in [2.05, 4.69) is 4.98 Å². The standard InChI is InChI=1S/C29H30F5N3O7/c1-3-43-26-18(12-24(35)39)11-23(37-25(26)16-4-7-19(31)8-5-16)28(41,29(32,33)34)15-36-27(40)17-6-9-21(22(10-17)42-2)44-14-20(38)13-30/h4-11,20,38,41H,3,12-15H2,1-2H3,(H2,35,39)(H,36,40)/t20-,28+/m1/s1. The van der Waals surface area contributed by atoms with Crippen molar-refractivity contribution in [3.8, 4) is 28.5 Å². The molecule has 2 amide bonds. The van der Waals surface area contributed by atoms with Gasteiger partial charge in [0, 0.05) is 16.7 Å². The molecule has 3 aromatic rings. The number of aliphatic hydroxyl groups excluding tert-OH is 1. The molecule has 0 bridgehead atoms. The molecule has 1 aromatic heterocycles. The smallest absolute Gasteiger partial charge is 0.424 e. The van der Waals surface area contributed by atoms with Gasteiger partial charge in [0.25, 0.3) is 5.91 Å². The average molecular weight is 628 g/mol. The first-order valence-electron chi connectivity index (χ1n) is 13.1. The number of amides is 2. The molecular formula is C29H30F5N3O7. The normalized spacial score (nSPS) is 13.5. The van der Waals surface area contributed by atoms with E-state index in [-0.39, 0.29) is 46.2 Å². The summed E-state index contributed by atoms with van der Waals surface area (Å²) < 4.78 is 85.7. The van der Waals surface area contributed by atoms with Gasteiger partial charge < -0.3 is 35.5 Å². The summed E-state index contributed by atoms with van der Waals surface area (Å²) in [5.41, 5.74) is 0.119. The summed E-state index contributed by atoms with van der Waals surface area (Å²) in [7, 11) is 1.22. The fourth-order valence-electron chi connectivity index (χ4n) is 4.03. The number of halogens is 5. The van der Waals surface area contributed by atoms with Crippen molar-refractivity contribution in [1.82, 2.24) is 10.3 Å². The fourth-order valence-corrected chi connectivity index (χ4v) is 4.03. The molecule has 15 heteroatoms. The van der Waals surface area contributed by atoms with Crippen LogP contribution in [0.1, 0.15) is 28.5 Å². The first-order valence-corrected chi connectivity index (χ1v) is 13.1. The Kier molecular flexibility index (Phi) is 11.1. The monoisotopic (exact) mass is 627 g/mol. The van der Waals surface area contributed by atoms with E-state index in [4.69, 9.17) is 19.9 Å². The molecule has 10 nitrogen and oxygen atoms in total. The third kappa shape index (κ3) is 7.90. The number of primary amides is 1. The molecule has 44 heavy (non-hydrogen) atoms. The summed E-state index contributed by atoms with van der Waals surface area (Å²) in [5.74, 6) is -2.71. The summed E-state index contributed by atoms with van der Waals surface area (Å²) in [6.45, 7) is -1.31. The quantitative estimate of drug-likeness (QED) is 0.199. The summed E-state index contributed by atoms with van der Waals surface area (Å²) in [6.07, 6.45) is -7.40. The minimum absolute atomic E-state index is 0.0182. The molecule has 0 aliphatic rings. The maximum absolute atomic E-state index is 14.5. The van der Waals surface area contributed by atoms with Crippen LogP contribution in [0.3, 0.4) is 0 Å². The number of carbonyl (C=O) groups is 2. The Morgan fingerprint density at radius 1 is 1.07 bits per heavy atom. The first kappa shape index (κ1) is 34.0. The Balaban J connectivity index is 2.03. The number of alkyl halides is 4. The number of methoxy groups -OCH3 is 1. The molecule has 2 aromatic carbocycles. The molecule has 1 heterocycles. The van der Waals surface area contributed by atoms with Crippen molar-refractivity contribution in [2.45, 2.75) is 31.2 Å². The van der Waals surface area contributed by atoms with E-state index in [0.717, 1.165) is 24.3 Å². The van der Waals surface area contributed by atoms with E-state index in [1.165, 1.54) is 31.4 Å². The van der Waals surface area contributed by atoms with Crippen molar-refractivity contribution in [2.24, 2.45) is 5.73 Å². The molecule has 0 saturated carbocycles. The lowest BCUT2D eigenvalue weighted by Crippen LogP contribution is -2.51. The van der Waals surface area contributed by atoms with E-state index in [9.17, 15) is 41.8 Å². The third-order valence-corrected chi connectivity index (χ3v) is 6.25. The second-order valence-corrected chi connectivity index (χ2v) is 9.45. The number of aromatic nitrogens is 1. The predicted octanol–water partition coefficient (Wildman–Crippen LogP) is 3.21. The topological polar surface area (TPSA) is 153 Å². The molecule has 3 rings (SSSR count). The van der Waals surface area contributed by atoms with Crippen molar-refractivity contribution in [3.63, 3.8) is 0 Å². The van der Waals surface area contributed by atoms with Gasteiger partial charge in [0.2, 0.25) is 11.5 Å². The molecule has 2 atom stereocenters. The van der Waals surface area contributed by atoms with Crippen molar-refractivity contribution in [1.29, 1.82) is 0 Å². The zero-order valence-electron chi connectivity index (χ0n) is 23.6. The van der Waals surface area contributed by atoms with Crippen LogP contribution in [0.4, 0.5) is 22.0 Å². The van der Waals surface area contributed by atoms with Crippen LogP contribution >= 0.6 is 0 Å². The van der Waals surface area contributed by atoms with Crippen molar-refractivity contribution < 1.29 is 56.0 Å². The molecule has 0 radical (unpaired) electrons. The minimum atomic E-state index is -5.41. The maximum Gasteiger partial charge on any atom is 0.424 e. The Morgan fingerprint density at radius 3 is 2.32 bits per heavy atom. The molecule has 0 unspecified atom stereocenters. The van der Waals surface area contributed by atoms with Crippen molar-refractivity contribution in [3.05, 3.63) is 71.2 Å². The number of ether oxygens (including phenoxy) is 3. The zero-order chi connectivity index (χ0) is 32.7. The number of nitrogens with one attached hydrogen (secondary N) is 1. The Labute approximate surface area is 248 Å². The second kappa shape index (κ2) is 14.3. The highest BCUT2D eigenvalue weighted by Crippen LogP contribution is 2.42. The highest BCUT2D eigenvalue weighted by molar-refractivity contribution is 5.95. The Hall–Kier alpha value is -4.50. The van der Waals surface area contributed by atoms with Crippen LogP contribution in [0, 0.1) is 5.82 Å². The van der Waals surface area contributed by atoms with E-state index >= 15 is 0 Å². The number of carbonyl (C=O) groups excluding carboxylic acids is 2. The van der Waals surface area contributed by atoms with Crippen LogP contribution in [0.2, 0.25) is 0 Å². The number of hydrogen-bond donors (Lipinski definition) is 4. The number of pyridine rings is 1. The van der Waals surface area contributed by atoms with E-state index < -0.39 is 67.5 Å². The van der Waals surface area contributed by atoms with Crippen LogP contribution in [0.25, 0.3) is 11.3 Å². The van der Waals surface area contributed by atoms with Gasteiger partial charge in [0.1, 0.15) is 36.6 Å². The van der Waals surface area contributed by atoms with Crippen molar-refractivity contribution >= 4 is 11.8 Å². The Morgan fingerprint density at radius 2 is 1.75 bits per heavy atom. The van der Waals surface area contributed by atoms with Gasteiger partial charge in [-0.15, -0.1) is 0 Å². The van der Waals surface area contributed by atoms with E-state index in [0.29, 0.717) is 0 Å². The molecule has 5 N–H and O–H groups in total. The van der Waals surface area contributed by atoms with Gasteiger partial charge in [0.05, 0.1) is 32.4 Å². The van der Waals surface area contributed by atoms with Crippen LogP contribution < -0.4 is 25.3 Å². The summed E-state index contributed by atoms with van der Waals surface area (Å²) in [4.78, 5) is 28.7. The van der Waals surface area contributed by atoms with Gasteiger partial charge in [0.15, 0.2) is 11.5 Å².